The van der Waals surface area contributed by atoms with E-state index >= 15 is 0 Å². The summed E-state index contributed by atoms with van der Waals surface area (Å²) in [5.74, 6) is 0. The molecular formula is C19H24BrN. The molecule has 112 valence electrons. The van der Waals surface area contributed by atoms with Crippen LogP contribution in [0.5, 0.6) is 0 Å². The van der Waals surface area contributed by atoms with Crippen molar-refractivity contribution < 1.29 is 0 Å². The van der Waals surface area contributed by atoms with Crippen LogP contribution >= 0.6 is 15.9 Å². The summed E-state index contributed by atoms with van der Waals surface area (Å²) in [6.45, 7) is 5.37. The van der Waals surface area contributed by atoms with Crippen LogP contribution in [0.25, 0.3) is 0 Å². The van der Waals surface area contributed by atoms with Crippen LogP contribution in [0.15, 0.2) is 53.0 Å². The van der Waals surface area contributed by atoms with Gasteiger partial charge in [0.05, 0.1) is 0 Å². The van der Waals surface area contributed by atoms with E-state index in [1.807, 2.05) is 0 Å². The molecule has 0 saturated carbocycles. The zero-order chi connectivity index (χ0) is 15.1. The van der Waals surface area contributed by atoms with Gasteiger partial charge in [0.15, 0.2) is 0 Å². The van der Waals surface area contributed by atoms with Gasteiger partial charge in [-0.1, -0.05) is 72.2 Å². The lowest BCUT2D eigenvalue weighted by molar-refractivity contribution is 0.521. The topological polar surface area (TPSA) is 12.0 Å². The van der Waals surface area contributed by atoms with Gasteiger partial charge < -0.3 is 5.32 Å². The Labute approximate surface area is 136 Å². The Morgan fingerprint density at radius 2 is 1.57 bits per heavy atom. The first-order valence-corrected chi connectivity index (χ1v) is 8.56. The number of hydrogen-bond acceptors (Lipinski definition) is 1. The van der Waals surface area contributed by atoms with Gasteiger partial charge in [-0.05, 0) is 48.6 Å². The molecule has 0 aliphatic carbocycles. The van der Waals surface area contributed by atoms with Gasteiger partial charge in [0.25, 0.3) is 0 Å². The van der Waals surface area contributed by atoms with E-state index in [2.05, 4.69) is 83.6 Å². The minimum Gasteiger partial charge on any atom is -0.314 e. The molecule has 1 unspecified atom stereocenters. The number of halogens is 1. The largest absolute Gasteiger partial charge is 0.314 e. The summed E-state index contributed by atoms with van der Waals surface area (Å²) >= 11 is 3.65. The third kappa shape index (κ3) is 4.98. The molecule has 2 heteroatoms. The highest BCUT2D eigenvalue weighted by Gasteiger charge is 2.11. The third-order valence-electron chi connectivity index (χ3n) is 3.83. The molecule has 0 radical (unpaired) electrons. The Hall–Kier alpha value is -1.12. The predicted octanol–water partition coefficient (Wildman–Crippen LogP) is 4.77. The smallest absolute Gasteiger partial charge is 0.0207 e. The molecule has 0 aliphatic heterocycles. The molecule has 0 aromatic heterocycles. The molecule has 0 fully saturated rings. The van der Waals surface area contributed by atoms with E-state index in [-0.39, 0.29) is 0 Å². The SMILES string of the molecule is CCNC(Cc1ccc(CC)cc1)Cc1ccccc1Br. The summed E-state index contributed by atoms with van der Waals surface area (Å²) in [5.41, 5.74) is 4.18. The number of hydrogen-bond donors (Lipinski definition) is 1. The summed E-state index contributed by atoms with van der Waals surface area (Å²) < 4.78 is 1.20. The van der Waals surface area contributed by atoms with Crippen LogP contribution in [0.4, 0.5) is 0 Å². The molecule has 21 heavy (non-hydrogen) atoms. The van der Waals surface area contributed by atoms with Crippen LogP contribution in [-0.4, -0.2) is 12.6 Å². The molecule has 2 aromatic carbocycles. The van der Waals surface area contributed by atoms with Gasteiger partial charge in [0, 0.05) is 10.5 Å². The van der Waals surface area contributed by atoms with E-state index in [0.29, 0.717) is 6.04 Å². The molecule has 1 atom stereocenters. The van der Waals surface area contributed by atoms with Gasteiger partial charge in [-0.3, -0.25) is 0 Å². The molecule has 2 aromatic rings. The predicted molar refractivity (Wildman–Crippen MR) is 94.8 cm³/mol. The standard InChI is InChI=1S/C19H24BrN/c1-3-15-9-11-16(12-10-15)13-18(21-4-2)14-17-7-5-6-8-19(17)20/h5-12,18,21H,3-4,13-14H2,1-2H3. The fraction of sp³-hybridized carbons (Fsp3) is 0.368. The summed E-state index contributed by atoms with van der Waals surface area (Å²) in [6, 6.07) is 18.0. The van der Waals surface area contributed by atoms with Crippen molar-refractivity contribution in [2.75, 3.05) is 6.54 Å². The van der Waals surface area contributed by atoms with Crippen LogP contribution in [-0.2, 0) is 19.3 Å². The van der Waals surface area contributed by atoms with Crippen LogP contribution in [0.1, 0.15) is 30.5 Å². The van der Waals surface area contributed by atoms with Crippen molar-refractivity contribution in [3.05, 3.63) is 69.7 Å². The monoisotopic (exact) mass is 345 g/mol. The second kappa shape index (κ2) is 8.35. The van der Waals surface area contributed by atoms with Crippen molar-refractivity contribution in [3.8, 4) is 0 Å². The number of likely N-dealkylation sites (N-methyl/N-ethyl adjacent to an activating group) is 1. The van der Waals surface area contributed by atoms with E-state index in [4.69, 9.17) is 0 Å². The Morgan fingerprint density at radius 1 is 0.905 bits per heavy atom. The maximum absolute atomic E-state index is 3.65. The molecule has 0 saturated heterocycles. The van der Waals surface area contributed by atoms with Crippen LogP contribution in [0, 0.1) is 0 Å². The lowest BCUT2D eigenvalue weighted by Gasteiger charge is -2.19. The highest BCUT2D eigenvalue weighted by molar-refractivity contribution is 9.10. The summed E-state index contributed by atoms with van der Waals surface area (Å²) in [6.07, 6.45) is 3.22. The maximum atomic E-state index is 3.65. The zero-order valence-corrected chi connectivity index (χ0v) is 14.5. The molecule has 0 aliphatic rings. The molecule has 0 amide bonds. The van der Waals surface area contributed by atoms with E-state index in [0.717, 1.165) is 25.8 Å². The minimum atomic E-state index is 0.473. The average Bonchev–Trinajstić information content (AvgIpc) is 2.50. The second-order valence-electron chi connectivity index (χ2n) is 5.42. The zero-order valence-electron chi connectivity index (χ0n) is 12.9. The van der Waals surface area contributed by atoms with Crippen LogP contribution in [0.2, 0.25) is 0 Å². The van der Waals surface area contributed by atoms with E-state index in [1.54, 1.807) is 0 Å². The minimum absolute atomic E-state index is 0.473. The highest BCUT2D eigenvalue weighted by Crippen LogP contribution is 2.19. The van der Waals surface area contributed by atoms with E-state index in [9.17, 15) is 0 Å². The van der Waals surface area contributed by atoms with E-state index < -0.39 is 0 Å². The van der Waals surface area contributed by atoms with Crippen molar-refractivity contribution in [1.29, 1.82) is 0 Å². The highest BCUT2D eigenvalue weighted by atomic mass is 79.9. The van der Waals surface area contributed by atoms with Crippen molar-refractivity contribution in [3.63, 3.8) is 0 Å². The van der Waals surface area contributed by atoms with Gasteiger partial charge in [0.1, 0.15) is 0 Å². The number of aryl methyl sites for hydroxylation is 1. The molecule has 1 N–H and O–H groups in total. The first-order valence-electron chi connectivity index (χ1n) is 7.77. The van der Waals surface area contributed by atoms with Gasteiger partial charge in [-0.15, -0.1) is 0 Å². The number of benzene rings is 2. The molecule has 1 nitrogen and oxygen atoms in total. The van der Waals surface area contributed by atoms with Crippen molar-refractivity contribution in [2.24, 2.45) is 0 Å². The first-order chi connectivity index (χ1) is 10.2. The van der Waals surface area contributed by atoms with Crippen molar-refractivity contribution in [2.45, 2.75) is 39.2 Å². The average molecular weight is 346 g/mol. The normalized spacial score (nSPS) is 12.3. The van der Waals surface area contributed by atoms with Gasteiger partial charge in [-0.2, -0.15) is 0 Å². The molecule has 0 heterocycles. The van der Waals surface area contributed by atoms with Crippen molar-refractivity contribution in [1.82, 2.24) is 5.32 Å². The van der Waals surface area contributed by atoms with E-state index in [1.165, 1.54) is 21.2 Å². The second-order valence-corrected chi connectivity index (χ2v) is 6.28. The quantitative estimate of drug-likeness (QED) is 0.761. The van der Waals surface area contributed by atoms with Crippen LogP contribution < -0.4 is 5.32 Å². The van der Waals surface area contributed by atoms with Crippen LogP contribution in [0.3, 0.4) is 0 Å². The molecule has 0 spiro atoms. The Morgan fingerprint density at radius 3 is 2.19 bits per heavy atom. The fourth-order valence-corrected chi connectivity index (χ4v) is 3.08. The molecule has 2 rings (SSSR count). The summed E-state index contributed by atoms with van der Waals surface area (Å²) in [4.78, 5) is 0. The third-order valence-corrected chi connectivity index (χ3v) is 4.60. The summed E-state index contributed by atoms with van der Waals surface area (Å²) in [7, 11) is 0. The molecule has 0 bridgehead atoms. The maximum Gasteiger partial charge on any atom is 0.0207 e. The fourth-order valence-electron chi connectivity index (χ4n) is 2.63. The van der Waals surface area contributed by atoms with Gasteiger partial charge in [0.2, 0.25) is 0 Å². The number of rotatable bonds is 7. The lowest BCUT2D eigenvalue weighted by atomic mass is 9.98. The van der Waals surface area contributed by atoms with Crippen molar-refractivity contribution >= 4 is 15.9 Å². The Kier molecular flexibility index (Phi) is 6.47. The first kappa shape index (κ1) is 16.3. The Bertz CT molecular complexity index is 548. The summed E-state index contributed by atoms with van der Waals surface area (Å²) in [5, 5.41) is 3.61. The van der Waals surface area contributed by atoms with Gasteiger partial charge in [-0.25, -0.2) is 0 Å². The number of nitrogens with one attached hydrogen (secondary N) is 1. The Balaban J connectivity index is 2.06. The molecular weight excluding hydrogens is 322 g/mol. The lowest BCUT2D eigenvalue weighted by Crippen LogP contribution is -2.33. The van der Waals surface area contributed by atoms with Gasteiger partial charge >= 0.3 is 0 Å².